The molecule has 0 saturated carbocycles. The summed E-state index contributed by atoms with van der Waals surface area (Å²) < 4.78 is 35.7. The maximum atomic E-state index is 13.7. The lowest BCUT2D eigenvalue weighted by Crippen LogP contribution is -2.53. The van der Waals surface area contributed by atoms with Crippen molar-refractivity contribution >= 4 is 33.4 Å². The first kappa shape index (κ1) is 28.4. The van der Waals surface area contributed by atoms with Crippen LogP contribution in [0.15, 0.2) is 65.7 Å². The van der Waals surface area contributed by atoms with Crippen molar-refractivity contribution in [3.05, 3.63) is 82.6 Å². The second-order valence-corrected chi connectivity index (χ2v) is 12.1. The van der Waals surface area contributed by atoms with E-state index in [0.717, 1.165) is 15.6 Å². The largest absolute Gasteiger partial charge is 0.598 e. The lowest BCUT2D eigenvalue weighted by molar-refractivity contribution is 0.102. The maximum absolute atomic E-state index is 13.7. The number of hydrogen-bond acceptors (Lipinski definition) is 4. The number of methoxy groups -OCH3 is 1. The minimum atomic E-state index is -1.42. The van der Waals surface area contributed by atoms with Gasteiger partial charge in [-0.1, -0.05) is 46.3 Å². The van der Waals surface area contributed by atoms with E-state index in [0.29, 0.717) is 19.4 Å². The van der Waals surface area contributed by atoms with Crippen LogP contribution >= 0.6 is 15.9 Å². The minimum absolute atomic E-state index is 0.261. The van der Waals surface area contributed by atoms with Gasteiger partial charge in [0.05, 0.1) is 18.7 Å². The number of carbonyl (C=O) groups excluding carboxylic acids is 1. The maximum Gasteiger partial charge on any atom is 0.409 e. The molecule has 0 aliphatic carbocycles. The van der Waals surface area contributed by atoms with Gasteiger partial charge in [0.1, 0.15) is 10.6 Å². The molecule has 34 heavy (non-hydrogen) atoms. The van der Waals surface area contributed by atoms with Crippen LogP contribution in [0.3, 0.4) is 0 Å². The van der Waals surface area contributed by atoms with Gasteiger partial charge in [-0.3, -0.25) is 0 Å². The Balaban J connectivity index is 2.45. The molecule has 0 spiro atoms. The van der Waals surface area contributed by atoms with Crippen molar-refractivity contribution in [2.75, 3.05) is 13.7 Å². The number of halogens is 2. The van der Waals surface area contributed by atoms with Gasteiger partial charge in [0, 0.05) is 22.4 Å². The molecule has 0 bridgehead atoms. The van der Waals surface area contributed by atoms with Crippen molar-refractivity contribution in [3.63, 3.8) is 0 Å². The van der Waals surface area contributed by atoms with E-state index < -0.39 is 27.7 Å². The number of nitrogens with zero attached hydrogens (tertiary/aromatic N) is 1. The Bertz CT molecular complexity index is 950. The minimum Gasteiger partial charge on any atom is -0.598 e. The van der Waals surface area contributed by atoms with Crippen LogP contribution in [0.4, 0.5) is 9.18 Å². The van der Waals surface area contributed by atoms with E-state index in [4.69, 9.17) is 4.74 Å². The van der Waals surface area contributed by atoms with Crippen LogP contribution in [0, 0.1) is 5.82 Å². The highest BCUT2D eigenvalue weighted by atomic mass is 79.9. The third-order valence-electron chi connectivity index (χ3n) is 5.74. The van der Waals surface area contributed by atoms with Crippen LogP contribution in [0.2, 0.25) is 0 Å². The Labute approximate surface area is 214 Å². The molecule has 8 heteroatoms. The Kier molecular flexibility index (Phi) is 10.2. The zero-order chi connectivity index (χ0) is 25.5. The van der Waals surface area contributed by atoms with Crippen LogP contribution < -0.4 is 4.72 Å². The lowest BCUT2D eigenvalue weighted by Gasteiger charge is -2.39. The molecule has 1 amide bonds. The molecule has 0 aromatic heterocycles. The highest BCUT2D eigenvalue weighted by Gasteiger charge is 2.41. The van der Waals surface area contributed by atoms with Crippen LogP contribution in [0.1, 0.15) is 57.7 Å². The van der Waals surface area contributed by atoms with E-state index in [-0.39, 0.29) is 11.9 Å². The fraction of sp³-hybridized carbons (Fsp3) is 0.423. The van der Waals surface area contributed by atoms with Crippen molar-refractivity contribution in [2.45, 2.75) is 56.9 Å². The van der Waals surface area contributed by atoms with E-state index in [9.17, 15) is 13.7 Å². The Morgan fingerprint density at radius 2 is 1.82 bits per heavy atom. The third-order valence-corrected chi connectivity index (χ3v) is 7.96. The van der Waals surface area contributed by atoms with Gasteiger partial charge in [-0.15, -0.1) is 11.3 Å². The van der Waals surface area contributed by atoms with Gasteiger partial charge >= 0.3 is 6.09 Å². The van der Waals surface area contributed by atoms with E-state index in [1.165, 1.54) is 19.2 Å². The fourth-order valence-corrected chi connectivity index (χ4v) is 4.88. The highest BCUT2D eigenvalue weighted by Crippen LogP contribution is 2.34. The number of hydrogen-bond donors (Lipinski definition) is 1. The highest BCUT2D eigenvalue weighted by molar-refractivity contribution is 9.10. The smallest absolute Gasteiger partial charge is 0.409 e. The number of rotatable bonds is 10. The molecule has 2 aromatic carbocycles. The molecule has 0 aliphatic rings. The second-order valence-electron chi connectivity index (χ2n) is 9.21. The van der Waals surface area contributed by atoms with E-state index >= 15 is 0 Å². The molecule has 1 N–H and O–H groups in total. The number of carbonyl (C=O) groups is 1. The van der Waals surface area contributed by atoms with Gasteiger partial charge in [-0.25, -0.2) is 9.18 Å². The quantitative estimate of drug-likeness (QED) is 0.265. The number of ether oxygens (including phenoxy) is 1. The molecular formula is C26H34BrFN2O3S. The average molecular weight is 554 g/mol. The summed E-state index contributed by atoms with van der Waals surface area (Å²) in [5, 5.41) is 0. The fourth-order valence-electron chi connectivity index (χ4n) is 3.65. The molecule has 0 heterocycles. The molecular weight excluding hydrogens is 519 g/mol. The average Bonchev–Trinajstić information content (AvgIpc) is 2.79. The molecule has 2 rings (SSSR count). The van der Waals surface area contributed by atoms with Crippen LogP contribution in [-0.4, -0.2) is 33.9 Å². The summed E-state index contributed by atoms with van der Waals surface area (Å²) in [4.78, 5) is 14.4. The lowest BCUT2D eigenvalue weighted by atomic mass is 9.84. The molecule has 0 radical (unpaired) electrons. The van der Waals surface area contributed by atoms with E-state index in [2.05, 4.69) is 27.2 Å². The van der Waals surface area contributed by atoms with Crippen LogP contribution in [-0.2, 0) is 21.6 Å². The van der Waals surface area contributed by atoms with Gasteiger partial charge in [0.15, 0.2) is 0 Å². The van der Waals surface area contributed by atoms with Gasteiger partial charge in [0.2, 0.25) is 0 Å². The van der Waals surface area contributed by atoms with Crippen molar-refractivity contribution < 1.29 is 18.5 Å². The van der Waals surface area contributed by atoms with Gasteiger partial charge in [0.25, 0.3) is 0 Å². The first-order valence-corrected chi connectivity index (χ1v) is 13.0. The topological polar surface area (TPSA) is 64.6 Å². The summed E-state index contributed by atoms with van der Waals surface area (Å²) in [6.45, 7) is 11.8. The summed E-state index contributed by atoms with van der Waals surface area (Å²) in [7, 11) is 1.35. The van der Waals surface area contributed by atoms with Crippen molar-refractivity contribution in [3.8, 4) is 0 Å². The molecule has 1 unspecified atom stereocenters. The number of benzene rings is 2. The second kappa shape index (κ2) is 12.2. The van der Waals surface area contributed by atoms with Gasteiger partial charge in [-0.05, 0) is 75.9 Å². The molecule has 186 valence electrons. The number of amides is 1. The standard InChI is InChI=1S/C26H34BrFN2O3S/c1-7-16-26(29-34(32)25(3,4)5,21-10-14-23(28)15-11-21)17-18-30(24(31)33-6)19(2)20-8-12-22(27)13-9-20/h7-15,19,29H,1,16-18H2,2-6H3/t19-,26-,34?/m0/s1. The van der Waals surface area contributed by atoms with Crippen molar-refractivity contribution in [2.24, 2.45) is 0 Å². The zero-order valence-electron chi connectivity index (χ0n) is 20.4. The Morgan fingerprint density at radius 3 is 2.32 bits per heavy atom. The summed E-state index contributed by atoms with van der Waals surface area (Å²) in [6.07, 6.45) is 2.13. The monoisotopic (exact) mass is 552 g/mol. The van der Waals surface area contributed by atoms with Crippen LogP contribution in [0.5, 0.6) is 0 Å². The summed E-state index contributed by atoms with van der Waals surface area (Å²) in [5.41, 5.74) is 0.891. The predicted molar refractivity (Wildman–Crippen MR) is 140 cm³/mol. The van der Waals surface area contributed by atoms with E-state index in [1.807, 2.05) is 52.0 Å². The predicted octanol–water partition coefficient (Wildman–Crippen LogP) is 6.63. The number of nitrogens with one attached hydrogen (secondary N) is 1. The van der Waals surface area contributed by atoms with Gasteiger partial charge < -0.3 is 14.2 Å². The summed E-state index contributed by atoms with van der Waals surface area (Å²) in [5.74, 6) is -0.353. The van der Waals surface area contributed by atoms with Crippen molar-refractivity contribution in [1.82, 2.24) is 9.62 Å². The summed E-state index contributed by atoms with van der Waals surface area (Å²) in [6, 6.07) is 13.6. The molecule has 0 saturated heterocycles. The molecule has 3 atom stereocenters. The Morgan fingerprint density at radius 1 is 1.24 bits per heavy atom. The van der Waals surface area contributed by atoms with Crippen LogP contribution in [0.25, 0.3) is 0 Å². The SMILES string of the molecule is C=CC[C@@](CCN(C(=O)OC)[C@@H](C)c1ccc(Br)cc1)(N[S+]([O-])C(C)(C)C)c1ccc(F)cc1. The van der Waals surface area contributed by atoms with Crippen molar-refractivity contribution in [1.29, 1.82) is 0 Å². The van der Waals surface area contributed by atoms with E-state index in [1.54, 1.807) is 23.1 Å². The molecule has 5 nitrogen and oxygen atoms in total. The third kappa shape index (κ3) is 7.31. The first-order valence-electron chi connectivity index (χ1n) is 11.1. The molecule has 0 fully saturated rings. The summed E-state index contributed by atoms with van der Waals surface area (Å²) >= 11 is 2.02. The zero-order valence-corrected chi connectivity index (χ0v) is 22.8. The Hall–Kier alpha value is -1.87. The molecule has 0 aliphatic heterocycles. The first-order chi connectivity index (χ1) is 15.9. The van der Waals surface area contributed by atoms with Gasteiger partial charge in [-0.2, -0.15) is 0 Å². The normalized spacial score (nSPS) is 15.2. The molecule has 2 aromatic rings.